The van der Waals surface area contributed by atoms with Crippen LogP contribution >= 0.6 is 0 Å². The van der Waals surface area contributed by atoms with Gasteiger partial charge in [0.2, 0.25) is 0 Å². The fourth-order valence-corrected chi connectivity index (χ4v) is 4.62. The number of benzene rings is 2. The number of amides is 1. The summed E-state index contributed by atoms with van der Waals surface area (Å²) in [6.07, 6.45) is 3.75. The van der Waals surface area contributed by atoms with E-state index in [1.165, 1.54) is 12.1 Å². The molecule has 168 valence electrons. The number of piperidine rings is 1. The third-order valence-electron chi connectivity index (χ3n) is 6.42. The van der Waals surface area contributed by atoms with Crippen LogP contribution in [0.5, 0.6) is 0 Å². The minimum atomic E-state index is -0.259. The van der Waals surface area contributed by atoms with Gasteiger partial charge in [0.1, 0.15) is 5.82 Å². The molecule has 3 heterocycles. The molecule has 5 nitrogen and oxygen atoms in total. The van der Waals surface area contributed by atoms with Crippen LogP contribution in [-0.4, -0.2) is 38.4 Å². The minimum Gasteiger partial charge on any atom is -0.338 e. The lowest BCUT2D eigenvalue weighted by molar-refractivity contribution is 0.0706. The van der Waals surface area contributed by atoms with Crippen molar-refractivity contribution in [3.8, 4) is 11.3 Å². The van der Waals surface area contributed by atoms with Gasteiger partial charge in [-0.25, -0.2) is 9.37 Å². The molecule has 1 aliphatic heterocycles. The van der Waals surface area contributed by atoms with E-state index < -0.39 is 0 Å². The van der Waals surface area contributed by atoms with Crippen molar-refractivity contribution in [2.75, 3.05) is 13.1 Å². The number of rotatable bonds is 4. The first-order valence-corrected chi connectivity index (χ1v) is 11.5. The van der Waals surface area contributed by atoms with Crippen LogP contribution in [0.3, 0.4) is 0 Å². The Morgan fingerprint density at radius 3 is 2.70 bits per heavy atom. The topological polar surface area (TPSA) is 51.0 Å². The third-order valence-corrected chi connectivity index (χ3v) is 6.42. The second kappa shape index (κ2) is 8.77. The fourth-order valence-electron chi connectivity index (χ4n) is 4.62. The van der Waals surface area contributed by atoms with Crippen LogP contribution in [0.1, 0.15) is 54.7 Å². The Morgan fingerprint density at radius 1 is 1.09 bits per heavy atom. The van der Waals surface area contributed by atoms with Gasteiger partial charge in [-0.15, -0.1) is 0 Å². The average molecular weight is 443 g/mol. The van der Waals surface area contributed by atoms with Gasteiger partial charge in [0.25, 0.3) is 5.91 Å². The van der Waals surface area contributed by atoms with E-state index in [1.54, 1.807) is 12.1 Å². The molecule has 0 saturated carbocycles. The molecule has 0 spiro atoms. The van der Waals surface area contributed by atoms with Crippen LogP contribution in [-0.2, 0) is 0 Å². The molecule has 2 aromatic carbocycles. The highest BCUT2D eigenvalue weighted by Crippen LogP contribution is 2.29. The molecular weight excluding hydrogens is 415 g/mol. The lowest BCUT2D eigenvalue weighted by Crippen LogP contribution is -2.39. The molecule has 1 fully saturated rings. The standard InChI is InChI=1S/C27H27FN4O/c1-18(2)32-17-29-25-15-20(10-13-26(25)32)27(33)31-14-4-5-21(16-31)24-7-3-6-23(30-24)19-8-11-22(28)12-9-19/h3,6-13,15,17-18,21H,4-5,14,16H2,1-2H3/t21-/m0/s1. The number of hydrogen-bond acceptors (Lipinski definition) is 3. The maximum absolute atomic E-state index is 13.3. The highest BCUT2D eigenvalue weighted by atomic mass is 19.1. The van der Waals surface area contributed by atoms with Crippen LogP contribution in [0.15, 0.2) is 67.0 Å². The molecule has 0 radical (unpaired) electrons. The zero-order chi connectivity index (χ0) is 22.9. The summed E-state index contributed by atoms with van der Waals surface area (Å²) in [7, 11) is 0. The molecule has 0 N–H and O–H groups in total. The Labute approximate surface area is 192 Å². The van der Waals surface area contributed by atoms with Gasteiger partial charge >= 0.3 is 0 Å². The Morgan fingerprint density at radius 2 is 1.91 bits per heavy atom. The summed E-state index contributed by atoms with van der Waals surface area (Å²) in [5.74, 6) is -0.0483. The molecular formula is C27H27FN4O. The van der Waals surface area contributed by atoms with Gasteiger partial charge in [0.05, 0.1) is 23.1 Å². The van der Waals surface area contributed by atoms with Crippen LogP contribution in [0.2, 0.25) is 0 Å². The molecule has 0 unspecified atom stereocenters. The zero-order valence-corrected chi connectivity index (χ0v) is 18.9. The average Bonchev–Trinajstić information content (AvgIpc) is 3.28. The van der Waals surface area contributed by atoms with E-state index in [9.17, 15) is 9.18 Å². The Bertz CT molecular complexity index is 1300. The van der Waals surface area contributed by atoms with E-state index in [2.05, 4.69) is 23.4 Å². The SMILES string of the molecule is CC(C)n1cnc2cc(C(=O)N3CCC[C@H](c4cccc(-c5ccc(F)cc5)n4)C3)ccc21. The van der Waals surface area contributed by atoms with E-state index in [0.717, 1.165) is 47.4 Å². The van der Waals surface area contributed by atoms with Crippen molar-refractivity contribution in [1.29, 1.82) is 0 Å². The van der Waals surface area contributed by atoms with Gasteiger partial charge in [0, 0.05) is 41.9 Å². The number of carbonyl (C=O) groups excluding carboxylic acids is 1. The Balaban J connectivity index is 1.36. The second-order valence-corrected chi connectivity index (χ2v) is 8.99. The van der Waals surface area contributed by atoms with Gasteiger partial charge in [-0.2, -0.15) is 0 Å². The predicted molar refractivity (Wildman–Crippen MR) is 128 cm³/mol. The van der Waals surface area contributed by atoms with Crippen LogP contribution in [0.25, 0.3) is 22.3 Å². The van der Waals surface area contributed by atoms with E-state index in [4.69, 9.17) is 4.98 Å². The maximum Gasteiger partial charge on any atom is 0.253 e. The largest absolute Gasteiger partial charge is 0.338 e. The minimum absolute atomic E-state index is 0.0374. The van der Waals surface area contributed by atoms with E-state index in [1.807, 2.05) is 47.6 Å². The summed E-state index contributed by atoms with van der Waals surface area (Å²) in [6.45, 7) is 5.61. The van der Waals surface area contributed by atoms with Crippen molar-refractivity contribution < 1.29 is 9.18 Å². The molecule has 1 saturated heterocycles. The maximum atomic E-state index is 13.3. The summed E-state index contributed by atoms with van der Waals surface area (Å²) in [5, 5.41) is 0. The van der Waals surface area contributed by atoms with Crippen molar-refractivity contribution in [1.82, 2.24) is 19.4 Å². The van der Waals surface area contributed by atoms with Crippen molar-refractivity contribution in [3.63, 3.8) is 0 Å². The summed E-state index contributed by atoms with van der Waals surface area (Å²) in [4.78, 5) is 24.6. The summed E-state index contributed by atoms with van der Waals surface area (Å²) in [6, 6.07) is 18.4. The number of nitrogens with zero attached hydrogens (tertiary/aromatic N) is 4. The Kier molecular flexibility index (Phi) is 5.67. The number of hydrogen-bond donors (Lipinski definition) is 0. The summed E-state index contributed by atoms with van der Waals surface area (Å²) >= 11 is 0. The number of likely N-dealkylation sites (tertiary alicyclic amines) is 1. The van der Waals surface area contributed by atoms with Crippen LogP contribution in [0.4, 0.5) is 4.39 Å². The molecule has 33 heavy (non-hydrogen) atoms. The lowest BCUT2D eigenvalue weighted by Gasteiger charge is -2.32. The molecule has 0 aliphatic carbocycles. The monoisotopic (exact) mass is 442 g/mol. The summed E-state index contributed by atoms with van der Waals surface area (Å²) < 4.78 is 15.4. The first kappa shape index (κ1) is 21.3. The highest BCUT2D eigenvalue weighted by molar-refractivity contribution is 5.97. The molecule has 1 amide bonds. The fraction of sp³-hybridized carbons (Fsp3) is 0.296. The van der Waals surface area contributed by atoms with Crippen molar-refractivity contribution in [2.24, 2.45) is 0 Å². The molecule has 1 aliphatic rings. The molecule has 0 bridgehead atoms. The first-order chi connectivity index (χ1) is 16.0. The van der Waals surface area contributed by atoms with Gasteiger partial charge in [0.15, 0.2) is 0 Å². The van der Waals surface area contributed by atoms with Crippen molar-refractivity contribution in [2.45, 2.75) is 38.6 Å². The predicted octanol–water partition coefficient (Wildman–Crippen LogP) is 5.84. The number of pyridine rings is 1. The lowest BCUT2D eigenvalue weighted by atomic mass is 9.93. The summed E-state index contributed by atoms with van der Waals surface area (Å²) in [5.41, 5.74) is 5.24. The first-order valence-electron chi connectivity index (χ1n) is 11.5. The number of imidazole rings is 1. The number of aromatic nitrogens is 3. The highest BCUT2D eigenvalue weighted by Gasteiger charge is 2.27. The smallest absolute Gasteiger partial charge is 0.253 e. The molecule has 6 heteroatoms. The molecule has 5 rings (SSSR count). The van der Waals surface area contributed by atoms with E-state index in [-0.39, 0.29) is 17.6 Å². The van der Waals surface area contributed by atoms with E-state index >= 15 is 0 Å². The normalized spacial score (nSPS) is 16.5. The van der Waals surface area contributed by atoms with Crippen molar-refractivity contribution in [3.05, 3.63) is 84.1 Å². The third kappa shape index (κ3) is 4.25. The quantitative estimate of drug-likeness (QED) is 0.399. The zero-order valence-electron chi connectivity index (χ0n) is 18.9. The molecule has 4 aromatic rings. The number of fused-ring (bicyclic) bond motifs is 1. The van der Waals surface area contributed by atoms with Gasteiger partial charge in [-0.05, 0) is 81.3 Å². The number of carbonyl (C=O) groups is 1. The molecule has 1 atom stereocenters. The number of halogens is 1. The second-order valence-electron chi connectivity index (χ2n) is 8.99. The van der Waals surface area contributed by atoms with Gasteiger partial charge in [-0.1, -0.05) is 6.07 Å². The van der Waals surface area contributed by atoms with Gasteiger partial charge < -0.3 is 9.47 Å². The van der Waals surface area contributed by atoms with Gasteiger partial charge in [-0.3, -0.25) is 9.78 Å². The van der Waals surface area contributed by atoms with Crippen molar-refractivity contribution >= 4 is 16.9 Å². The van der Waals surface area contributed by atoms with Crippen LogP contribution in [0, 0.1) is 5.82 Å². The molecule has 2 aromatic heterocycles. The Hall–Kier alpha value is -3.54. The van der Waals surface area contributed by atoms with E-state index in [0.29, 0.717) is 18.2 Å². The van der Waals surface area contributed by atoms with Crippen LogP contribution < -0.4 is 0 Å².